The summed E-state index contributed by atoms with van der Waals surface area (Å²) in [5, 5.41) is 2.33. The van der Waals surface area contributed by atoms with Crippen LogP contribution in [0.1, 0.15) is 85.8 Å². The van der Waals surface area contributed by atoms with Crippen LogP contribution in [0, 0.1) is 12.3 Å². The van der Waals surface area contributed by atoms with Crippen molar-refractivity contribution in [2.45, 2.75) is 81.6 Å². The van der Waals surface area contributed by atoms with Crippen molar-refractivity contribution in [2.75, 3.05) is 0 Å². The van der Waals surface area contributed by atoms with Crippen LogP contribution >= 0.6 is 11.3 Å². The molecule has 30 heavy (non-hydrogen) atoms. The van der Waals surface area contributed by atoms with Crippen molar-refractivity contribution in [3.05, 3.63) is 76.2 Å². The van der Waals surface area contributed by atoms with E-state index in [0.29, 0.717) is 0 Å². The van der Waals surface area contributed by atoms with Crippen molar-refractivity contribution in [3.63, 3.8) is 0 Å². The first-order chi connectivity index (χ1) is 14.4. The van der Waals surface area contributed by atoms with Crippen LogP contribution in [0.25, 0.3) is 16.0 Å². The molecule has 0 radical (unpaired) electrons. The number of benzene rings is 1. The summed E-state index contributed by atoms with van der Waals surface area (Å²) >= 11 is 1.85. The van der Waals surface area contributed by atoms with Gasteiger partial charge in [0.1, 0.15) is 0 Å². The van der Waals surface area contributed by atoms with Crippen molar-refractivity contribution < 1.29 is 0 Å². The zero-order valence-electron chi connectivity index (χ0n) is 20.8. The molecule has 3 rings (SSSR count). The second-order valence-corrected chi connectivity index (χ2v) is 8.61. The van der Waals surface area contributed by atoms with E-state index in [-0.39, 0.29) is 5.41 Å². The van der Waals surface area contributed by atoms with Crippen LogP contribution in [-0.2, 0) is 0 Å². The van der Waals surface area contributed by atoms with Gasteiger partial charge in [0.15, 0.2) is 0 Å². The molecule has 0 nitrogen and oxygen atoms in total. The molecule has 0 saturated carbocycles. The normalized spacial score (nSPS) is 17.6. The summed E-state index contributed by atoms with van der Waals surface area (Å²) in [6.07, 6.45) is 5.76. The van der Waals surface area contributed by atoms with Crippen molar-refractivity contribution in [1.82, 2.24) is 0 Å². The molecule has 1 heteroatoms. The maximum atomic E-state index is 4.37. The molecular formula is C29H42S. The molecule has 1 aliphatic carbocycles. The largest absolute Gasteiger partial charge is 0.143 e. The zero-order chi connectivity index (χ0) is 22.9. The Morgan fingerprint density at radius 1 is 0.967 bits per heavy atom. The summed E-state index contributed by atoms with van der Waals surface area (Å²) in [7, 11) is 0. The molecule has 0 amide bonds. The zero-order valence-corrected chi connectivity index (χ0v) is 21.6. The number of hydrogen-bond acceptors (Lipinski definition) is 1. The lowest BCUT2D eigenvalue weighted by Crippen LogP contribution is -2.16. The minimum atomic E-state index is 0.109. The first-order valence-corrected chi connectivity index (χ1v) is 12.6. The second kappa shape index (κ2) is 12.1. The van der Waals surface area contributed by atoms with Crippen molar-refractivity contribution in [1.29, 1.82) is 0 Å². The molecule has 1 aliphatic rings. The van der Waals surface area contributed by atoms with E-state index in [1.807, 2.05) is 39.0 Å². The average molecular weight is 423 g/mol. The highest BCUT2D eigenvalue weighted by atomic mass is 32.1. The Kier molecular flexibility index (Phi) is 10.6. The summed E-state index contributed by atoms with van der Waals surface area (Å²) in [6.45, 7) is 23.7. The maximum absolute atomic E-state index is 4.37. The van der Waals surface area contributed by atoms with E-state index < -0.39 is 0 Å². The Balaban J connectivity index is 0.00000106. The molecule has 1 heterocycles. The number of rotatable bonds is 6. The van der Waals surface area contributed by atoms with Crippen molar-refractivity contribution >= 4 is 16.9 Å². The molecule has 1 atom stereocenters. The first-order valence-electron chi connectivity index (χ1n) is 11.7. The lowest BCUT2D eigenvalue weighted by atomic mass is 9.74. The van der Waals surface area contributed by atoms with Gasteiger partial charge in [-0.05, 0) is 66.0 Å². The Morgan fingerprint density at radius 2 is 1.57 bits per heavy atom. The van der Waals surface area contributed by atoms with Gasteiger partial charge in [-0.2, -0.15) is 0 Å². The Hall–Kier alpha value is -1.86. The predicted molar refractivity (Wildman–Crippen MR) is 140 cm³/mol. The summed E-state index contributed by atoms with van der Waals surface area (Å²) in [5.74, 6) is 0. The lowest BCUT2D eigenvalue weighted by molar-refractivity contribution is 0.520. The van der Waals surface area contributed by atoms with E-state index in [0.717, 1.165) is 19.3 Å². The van der Waals surface area contributed by atoms with Gasteiger partial charge in [-0.3, -0.25) is 0 Å². The highest BCUT2D eigenvalue weighted by Crippen LogP contribution is 2.52. The first kappa shape index (κ1) is 26.2. The predicted octanol–water partition coefficient (Wildman–Crippen LogP) is 10.3. The van der Waals surface area contributed by atoms with Gasteiger partial charge in [0.05, 0.1) is 0 Å². The quantitative estimate of drug-likeness (QED) is 0.434. The smallest absolute Gasteiger partial charge is 0.0348 e. The Labute approximate surface area is 190 Å². The fourth-order valence-electron chi connectivity index (χ4n) is 3.92. The van der Waals surface area contributed by atoms with Crippen LogP contribution in [0.3, 0.4) is 0 Å². The topological polar surface area (TPSA) is 0 Å². The van der Waals surface area contributed by atoms with Gasteiger partial charge in [-0.1, -0.05) is 103 Å². The van der Waals surface area contributed by atoms with Gasteiger partial charge in [0.25, 0.3) is 0 Å². The van der Waals surface area contributed by atoms with Crippen LogP contribution < -0.4 is 0 Å². The maximum Gasteiger partial charge on any atom is 0.0348 e. The third-order valence-electron chi connectivity index (χ3n) is 6.00. The Morgan fingerprint density at radius 3 is 2.10 bits per heavy atom. The number of aryl methyl sites for hydroxylation is 1. The van der Waals surface area contributed by atoms with Crippen molar-refractivity contribution in [3.8, 4) is 10.4 Å². The molecular weight excluding hydrogens is 380 g/mol. The molecule has 0 bridgehead atoms. The molecule has 1 aromatic carbocycles. The standard InChI is InChI=1S/C25H30S.2C2H6/c1-7-9-18(4)22-15-23(25(6,8-2)19(22)5)21-14-24(26-16-21)20-12-10-17(3)11-13-20;2*1-2/h10-16H,4,7-9H2,1-3,5-6H3;2*1-2H3. The van der Waals surface area contributed by atoms with E-state index >= 15 is 0 Å². The minimum Gasteiger partial charge on any atom is -0.143 e. The lowest BCUT2D eigenvalue weighted by Gasteiger charge is -2.29. The molecule has 1 unspecified atom stereocenters. The molecule has 164 valence electrons. The van der Waals surface area contributed by atoms with Gasteiger partial charge in [-0.15, -0.1) is 11.3 Å². The minimum absolute atomic E-state index is 0.109. The van der Waals surface area contributed by atoms with E-state index in [1.165, 1.54) is 43.9 Å². The molecule has 0 saturated heterocycles. The van der Waals surface area contributed by atoms with Crippen LogP contribution in [0.2, 0.25) is 0 Å². The molecule has 0 spiro atoms. The number of allylic oxidation sites excluding steroid dienone is 5. The average Bonchev–Trinajstić information content (AvgIpc) is 3.36. The van der Waals surface area contributed by atoms with Gasteiger partial charge in [0, 0.05) is 10.3 Å². The highest BCUT2D eigenvalue weighted by molar-refractivity contribution is 7.13. The Bertz CT molecular complexity index is 873. The third-order valence-corrected chi connectivity index (χ3v) is 6.98. The fourth-order valence-corrected chi connectivity index (χ4v) is 4.84. The van der Waals surface area contributed by atoms with Gasteiger partial charge in [0.2, 0.25) is 0 Å². The summed E-state index contributed by atoms with van der Waals surface area (Å²) in [6, 6.07) is 11.2. The SMILES string of the molecule is C=C(CCC)C1=C(C)C(C)(CC)C(c2csc(-c3ccc(C)cc3)c2)=C1.CC.CC. The van der Waals surface area contributed by atoms with Crippen LogP contribution in [0.5, 0.6) is 0 Å². The fraction of sp³-hybridized carbons (Fsp3) is 0.448. The summed E-state index contributed by atoms with van der Waals surface area (Å²) in [4.78, 5) is 1.35. The summed E-state index contributed by atoms with van der Waals surface area (Å²) in [5.41, 5.74) is 9.70. The van der Waals surface area contributed by atoms with Gasteiger partial charge in [-0.25, -0.2) is 0 Å². The molecule has 0 aliphatic heterocycles. The van der Waals surface area contributed by atoms with Crippen LogP contribution in [0.4, 0.5) is 0 Å². The molecule has 1 aromatic heterocycles. The summed E-state index contributed by atoms with van der Waals surface area (Å²) < 4.78 is 0. The van der Waals surface area contributed by atoms with Crippen molar-refractivity contribution in [2.24, 2.45) is 5.41 Å². The molecule has 2 aromatic rings. The monoisotopic (exact) mass is 422 g/mol. The van der Waals surface area contributed by atoms with E-state index in [9.17, 15) is 0 Å². The second-order valence-electron chi connectivity index (χ2n) is 7.70. The van der Waals surface area contributed by atoms with E-state index in [4.69, 9.17) is 0 Å². The van der Waals surface area contributed by atoms with Gasteiger partial charge < -0.3 is 0 Å². The highest BCUT2D eigenvalue weighted by Gasteiger charge is 2.36. The van der Waals surface area contributed by atoms with Gasteiger partial charge >= 0.3 is 0 Å². The van der Waals surface area contributed by atoms with Crippen LogP contribution in [-0.4, -0.2) is 0 Å². The van der Waals surface area contributed by atoms with Crippen LogP contribution in [0.15, 0.2) is 65.1 Å². The third kappa shape index (κ3) is 5.43. The van der Waals surface area contributed by atoms with E-state index in [1.54, 1.807) is 0 Å². The molecule has 0 N–H and O–H groups in total. The molecule has 0 fully saturated rings. The van der Waals surface area contributed by atoms with E-state index in [2.05, 4.69) is 83.0 Å². The number of hydrogen-bond donors (Lipinski definition) is 0. The number of thiophene rings is 1.